The first-order chi connectivity index (χ1) is 11.3. The van der Waals surface area contributed by atoms with Crippen molar-refractivity contribution in [2.75, 3.05) is 14.2 Å². The molecule has 0 unspecified atom stereocenters. The van der Waals surface area contributed by atoms with Gasteiger partial charge in [-0.2, -0.15) is 8.42 Å². The van der Waals surface area contributed by atoms with Gasteiger partial charge in [0, 0.05) is 18.7 Å². The number of carbonyl (C=O) groups excluding carboxylic acids is 1. The maximum absolute atomic E-state index is 12.4. The number of hydrogen-bond donors (Lipinski definition) is 1. The fourth-order valence-corrected chi connectivity index (χ4v) is 3.00. The highest BCUT2D eigenvalue weighted by atomic mass is 32.2. The summed E-state index contributed by atoms with van der Waals surface area (Å²) < 4.78 is 34.4. The van der Waals surface area contributed by atoms with Crippen molar-refractivity contribution in [2.45, 2.75) is 26.3 Å². The highest BCUT2D eigenvalue weighted by Gasteiger charge is 2.30. The molecule has 0 bridgehead atoms. The summed E-state index contributed by atoms with van der Waals surface area (Å²) in [5.41, 5.74) is 0.782. The van der Waals surface area contributed by atoms with E-state index in [2.05, 4.69) is 9.71 Å². The van der Waals surface area contributed by atoms with Crippen molar-refractivity contribution in [3.63, 3.8) is 0 Å². The van der Waals surface area contributed by atoms with Crippen LogP contribution in [0, 0.1) is 0 Å². The molecule has 1 heterocycles. The first kappa shape index (κ1) is 18.0. The molecule has 7 nitrogen and oxygen atoms in total. The first-order valence-electron chi connectivity index (χ1n) is 7.54. The summed E-state index contributed by atoms with van der Waals surface area (Å²) in [5, 5.41) is 2.77. The van der Waals surface area contributed by atoms with Gasteiger partial charge in [-0.15, -0.1) is 4.40 Å². The summed E-state index contributed by atoms with van der Waals surface area (Å²) in [6, 6.07) is 6.79. The molecule has 0 spiro atoms. The van der Waals surface area contributed by atoms with E-state index in [-0.39, 0.29) is 17.5 Å². The van der Waals surface area contributed by atoms with Crippen LogP contribution in [0.3, 0.4) is 0 Å². The lowest BCUT2D eigenvalue weighted by Crippen LogP contribution is -2.41. The summed E-state index contributed by atoms with van der Waals surface area (Å²) in [7, 11) is -1.13. The first-order valence-corrected chi connectivity index (χ1v) is 8.94. The third-order valence-corrected chi connectivity index (χ3v) is 5.08. The minimum atomic E-state index is -3.96. The summed E-state index contributed by atoms with van der Waals surface area (Å²) in [4.78, 5) is 12.4. The highest BCUT2D eigenvalue weighted by Crippen LogP contribution is 2.22. The van der Waals surface area contributed by atoms with Crippen molar-refractivity contribution in [3.05, 3.63) is 41.6 Å². The quantitative estimate of drug-likeness (QED) is 0.870. The van der Waals surface area contributed by atoms with Crippen molar-refractivity contribution in [1.82, 2.24) is 9.62 Å². The molecule has 1 aliphatic heterocycles. The Morgan fingerprint density at radius 3 is 2.75 bits per heavy atom. The SMILES string of the molecule is CC[C@@H](C)NC(=O)C1=CC(c2cccc(OC)c2)=NS(=O)(=O)N1C. The Morgan fingerprint density at radius 2 is 2.12 bits per heavy atom. The van der Waals surface area contributed by atoms with E-state index in [4.69, 9.17) is 4.74 Å². The van der Waals surface area contributed by atoms with Crippen LogP contribution in [0.4, 0.5) is 0 Å². The molecule has 0 aromatic heterocycles. The average molecular weight is 351 g/mol. The van der Waals surface area contributed by atoms with E-state index in [0.29, 0.717) is 11.3 Å². The Balaban J connectivity index is 2.45. The van der Waals surface area contributed by atoms with Crippen molar-refractivity contribution >= 4 is 21.8 Å². The van der Waals surface area contributed by atoms with Crippen molar-refractivity contribution in [2.24, 2.45) is 4.40 Å². The lowest BCUT2D eigenvalue weighted by atomic mass is 10.1. The minimum absolute atomic E-state index is 0.0307. The minimum Gasteiger partial charge on any atom is -0.497 e. The molecule has 0 saturated heterocycles. The normalized spacial score (nSPS) is 17.6. The zero-order chi connectivity index (χ0) is 17.9. The summed E-state index contributed by atoms with van der Waals surface area (Å²) >= 11 is 0. The number of amides is 1. The third kappa shape index (κ3) is 3.76. The number of benzene rings is 1. The van der Waals surface area contributed by atoms with Crippen LogP contribution in [0.2, 0.25) is 0 Å². The van der Waals surface area contributed by atoms with Gasteiger partial charge in [-0.1, -0.05) is 19.1 Å². The molecule has 8 heteroatoms. The largest absolute Gasteiger partial charge is 0.497 e. The second kappa shape index (κ2) is 7.04. The van der Waals surface area contributed by atoms with Gasteiger partial charge in [0.25, 0.3) is 5.91 Å². The predicted molar refractivity (Wildman–Crippen MR) is 92.2 cm³/mol. The zero-order valence-corrected chi connectivity index (χ0v) is 14.9. The number of allylic oxidation sites excluding steroid dienone is 1. The van der Waals surface area contributed by atoms with Gasteiger partial charge in [0.2, 0.25) is 0 Å². The summed E-state index contributed by atoms with van der Waals surface area (Å²) in [5.74, 6) is 0.122. The Bertz CT molecular complexity index is 799. The standard InChI is InChI=1S/C16H21N3O4S/c1-5-11(2)17-16(20)15-10-14(18-24(21,22)19(15)3)12-7-6-8-13(9-12)23-4/h6-11H,5H2,1-4H3,(H,17,20)/t11-/m1/s1. The molecule has 1 aliphatic rings. The molecule has 130 valence electrons. The van der Waals surface area contributed by atoms with Crippen LogP contribution < -0.4 is 10.1 Å². The molecular formula is C16H21N3O4S. The molecular weight excluding hydrogens is 330 g/mol. The van der Waals surface area contributed by atoms with E-state index in [1.165, 1.54) is 20.2 Å². The van der Waals surface area contributed by atoms with Crippen LogP contribution in [-0.2, 0) is 15.0 Å². The van der Waals surface area contributed by atoms with Gasteiger partial charge in [0.05, 0.1) is 12.8 Å². The Hall–Kier alpha value is -2.35. The van der Waals surface area contributed by atoms with Crippen molar-refractivity contribution in [1.29, 1.82) is 0 Å². The molecule has 1 N–H and O–H groups in total. The molecule has 0 saturated carbocycles. The number of methoxy groups -OCH3 is 1. The van der Waals surface area contributed by atoms with Gasteiger partial charge in [-0.3, -0.25) is 4.79 Å². The molecule has 1 amide bonds. The number of likely N-dealkylation sites (N-methyl/N-ethyl adjacent to an activating group) is 1. The van der Waals surface area contributed by atoms with Crippen molar-refractivity contribution in [3.8, 4) is 5.75 Å². The smallest absolute Gasteiger partial charge is 0.345 e. The average Bonchev–Trinajstić information content (AvgIpc) is 2.56. The fraction of sp³-hybridized carbons (Fsp3) is 0.375. The molecule has 1 aromatic carbocycles. The lowest BCUT2D eigenvalue weighted by Gasteiger charge is -2.24. The Kier molecular flexibility index (Phi) is 5.28. The number of ether oxygens (including phenoxy) is 1. The molecule has 0 fully saturated rings. The van der Waals surface area contributed by atoms with Gasteiger partial charge in [-0.25, -0.2) is 4.31 Å². The van der Waals surface area contributed by atoms with Gasteiger partial charge in [0.15, 0.2) is 0 Å². The summed E-state index contributed by atoms with van der Waals surface area (Å²) in [6.45, 7) is 3.79. The molecule has 24 heavy (non-hydrogen) atoms. The number of nitrogens with one attached hydrogen (secondary N) is 1. The zero-order valence-electron chi connectivity index (χ0n) is 14.1. The molecule has 0 radical (unpaired) electrons. The maximum Gasteiger partial charge on any atom is 0.345 e. The van der Waals surface area contributed by atoms with Gasteiger partial charge >= 0.3 is 10.2 Å². The van der Waals surface area contributed by atoms with E-state index in [1.54, 1.807) is 24.3 Å². The Labute approximate surface area is 142 Å². The number of hydrogen-bond acceptors (Lipinski definition) is 4. The van der Waals surface area contributed by atoms with Crippen molar-refractivity contribution < 1.29 is 17.9 Å². The van der Waals surface area contributed by atoms with E-state index in [1.807, 2.05) is 13.8 Å². The van der Waals surface area contributed by atoms with Gasteiger partial charge in [-0.05, 0) is 31.6 Å². The molecule has 0 aliphatic carbocycles. The monoisotopic (exact) mass is 351 g/mol. The van der Waals surface area contributed by atoms with E-state index in [0.717, 1.165) is 10.7 Å². The number of rotatable bonds is 5. The Morgan fingerprint density at radius 1 is 1.42 bits per heavy atom. The number of carbonyl (C=O) groups is 1. The maximum atomic E-state index is 12.4. The summed E-state index contributed by atoms with van der Waals surface area (Å²) in [6.07, 6.45) is 2.21. The second-order valence-electron chi connectivity index (χ2n) is 5.47. The molecule has 1 aromatic rings. The van der Waals surface area contributed by atoms with Crippen LogP contribution >= 0.6 is 0 Å². The van der Waals surface area contributed by atoms with Crippen LogP contribution in [0.15, 0.2) is 40.4 Å². The lowest BCUT2D eigenvalue weighted by molar-refractivity contribution is -0.119. The van der Waals surface area contributed by atoms with E-state index >= 15 is 0 Å². The highest BCUT2D eigenvalue weighted by molar-refractivity contribution is 7.88. The molecule has 2 rings (SSSR count). The third-order valence-electron chi connectivity index (χ3n) is 3.76. The van der Waals surface area contributed by atoms with E-state index in [9.17, 15) is 13.2 Å². The molecule has 1 atom stereocenters. The van der Waals surface area contributed by atoms with Gasteiger partial charge < -0.3 is 10.1 Å². The van der Waals surface area contributed by atoms with Gasteiger partial charge in [0.1, 0.15) is 11.4 Å². The fourth-order valence-electron chi connectivity index (χ4n) is 2.08. The second-order valence-corrected chi connectivity index (χ2v) is 7.09. The predicted octanol–water partition coefficient (Wildman–Crippen LogP) is 1.47. The van der Waals surface area contributed by atoms with Crippen LogP contribution in [0.25, 0.3) is 0 Å². The van der Waals surface area contributed by atoms with E-state index < -0.39 is 16.1 Å². The topological polar surface area (TPSA) is 88.1 Å². The van der Waals surface area contributed by atoms with Crippen LogP contribution in [0.5, 0.6) is 5.75 Å². The van der Waals surface area contributed by atoms with Crippen LogP contribution in [0.1, 0.15) is 25.8 Å². The number of nitrogens with zero attached hydrogens (tertiary/aromatic N) is 2. The van der Waals surface area contributed by atoms with Crippen LogP contribution in [-0.4, -0.2) is 44.5 Å².